The quantitative estimate of drug-likeness (QED) is 0.430. The molecular formula is C8H6O3. The summed E-state index contributed by atoms with van der Waals surface area (Å²) < 4.78 is 4.27. The SMILES string of the molecule is C=CC1=C(C=C)C(=O)OC1=O. The van der Waals surface area contributed by atoms with E-state index >= 15 is 0 Å². The van der Waals surface area contributed by atoms with Crippen LogP contribution in [-0.4, -0.2) is 11.9 Å². The fraction of sp³-hybridized carbons (Fsp3) is 0. The Morgan fingerprint density at radius 3 is 1.64 bits per heavy atom. The molecule has 0 radical (unpaired) electrons. The van der Waals surface area contributed by atoms with Gasteiger partial charge in [-0.15, -0.1) is 0 Å². The Labute approximate surface area is 63.7 Å². The third kappa shape index (κ3) is 1.00. The maximum Gasteiger partial charge on any atom is 0.346 e. The zero-order chi connectivity index (χ0) is 8.43. The molecule has 56 valence electrons. The Morgan fingerprint density at radius 2 is 1.36 bits per heavy atom. The molecule has 0 bridgehead atoms. The summed E-state index contributed by atoms with van der Waals surface area (Å²) in [5, 5.41) is 0. The van der Waals surface area contributed by atoms with E-state index in [1.807, 2.05) is 0 Å². The van der Waals surface area contributed by atoms with Crippen molar-refractivity contribution in [3.63, 3.8) is 0 Å². The van der Waals surface area contributed by atoms with Crippen LogP contribution < -0.4 is 0 Å². The minimum atomic E-state index is -0.653. The number of hydrogen-bond acceptors (Lipinski definition) is 3. The van der Waals surface area contributed by atoms with Gasteiger partial charge in [0.2, 0.25) is 0 Å². The second kappa shape index (κ2) is 2.54. The van der Waals surface area contributed by atoms with Gasteiger partial charge in [0.1, 0.15) is 0 Å². The van der Waals surface area contributed by atoms with Crippen molar-refractivity contribution in [3.05, 3.63) is 36.5 Å². The third-order valence-corrected chi connectivity index (χ3v) is 1.32. The first kappa shape index (κ1) is 7.47. The van der Waals surface area contributed by atoms with Crippen LogP contribution in [0, 0.1) is 0 Å². The number of carbonyl (C=O) groups excluding carboxylic acids is 2. The maximum absolute atomic E-state index is 10.8. The zero-order valence-corrected chi connectivity index (χ0v) is 5.79. The average Bonchev–Trinajstić information content (AvgIpc) is 2.24. The summed E-state index contributed by atoms with van der Waals surface area (Å²) in [7, 11) is 0. The zero-order valence-electron chi connectivity index (χ0n) is 5.79. The van der Waals surface area contributed by atoms with Gasteiger partial charge in [0.25, 0.3) is 0 Å². The van der Waals surface area contributed by atoms with Gasteiger partial charge in [0, 0.05) is 0 Å². The Balaban J connectivity index is 3.22. The first-order valence-corrected chi connectivity index (χ1v) is 2.96. The molecule has 0 atom stereocenters. The molecule has 3 nitrogen and oxygen atoms in total. The van der Waals surface area contributed by atoms with Crippen LogP contribution in [0.5, 0.6) is 0 Å². The molecule has 1 aliphatic rings. The summed E-state index contributed by atoms with van der Waals surface area (Å²) >= 11 is 0. The number of esters is 2. The lowest BCUT2D eigenvalue weighted by Gasteiger charge is -1.84. The minimum Gasteiger partial charge on any atom is -0.386 e. The maximum atomic E-state index is 10.8. The Hall–Kier alpha value is -1.64. The van der Waals surface area contributed by atoms with Gasteiger partial charge < -0.3 is 4.74 Å². The molecule has 0 aromatic carbocycles. The number of hydrogen-bond donors (Lipinski definition) is 0. The van der Waals surface area contributed by atoms with Crippen LogP contribution in [0.15, 0.2) is 36.5 Å². The molecule has 11 heavy (non-hydrogen) atoms. The molecule has 0 aromatic heterocycles. The smallest absolute Gasteiger partial charge is 0.346 e. The first-order valence-electron chi connectivity index (χ1n) is 2.96. The molecule has 1 aliphatic heterocycles. The molecule has 0 amide bonds. The molecule has 0 N–H and O–H groups in total. The highest BCUT2D eigenvalue weighted by atomic mass is 16.6. The first-order chi connectivity index (χ1) is 5.20. The van der Waals surface area contributed by atoms with Crippen LogP contribution in [0.25, 0.3) is 0 Å². The lowest BCUT2D eigenvalue weighted by molar-refractivity contribution is -0.150. The van der Waals surface area contributed by atoms with Crippen LogP contribution in [0.2, 0.25) is 0 Å². The van der Waals surface area contributed by atoms with Gasteiger partial charge in [-0.1, -0.05) is 25.3 Å². The van der Waals surface area contributed by atoms with Gasteiger partial charge in [0.15, 0.2) is 0 Å². The fourth-order valence-electron chi connectivity index (χ4n) is 0.801. The predicted octanol–water partition coefficient (Wildman–Crippen LogP) is 0.738. The van der Waals surface area contributed by atoms with E-state index in [4.69, 9.17) is 0 Å². The molecule has 0 aliphatic carbocycles. The molecule has 1 heterocycles. The summed E-state index contributed by atoms with van der Waals surface area (Å²) in [5.74, 6) is -1.31. The van der Waals surface area contributed by atoms with Crippen molar-refractivity contribution in [2.24, 2.45) is 0 Å². The molecule has 0 saturated heterocycles. The molecular weight excluding hydrogens is 144 g/mol. The van der Waals surface area contributed by atoms with Crippen LogP contribution >= 0.6 is 0 Å². The summed E-state index contributed by atoms with van der Waals surface area (Å²) in [4.78, 5) is 21.5. The Kier molecular flexibility index (Phi) is 1.72. The second-order valence-electron chi connectivity index (χ2n) is 1.91. The van der Waals surface area contributed by atoms with Gasteiger partial charge in [-0.2, -0.15) is 0 Å². The highest BCUT2D eigenvalue weighted by Crippen LogP contribution is 2.18. The van der Waals surface area contributed by atoms with E-state index in [-0.39, 0.29) is 11.1 Å². The normalized spacial score (nSPS) is 16.7. The molecule has 3 heteroatoms. The van der Waals surface area contributed by atoms with E-state index in [0.29, 0.717) is 0 Å². The van der Waals surface area contributed by atoms with Crippen LogP contribution in [0.3, 0.4) is 0 Å². The minimum absolute atomic E-state index is 0.185. The summed E-state index contributed by atoms with van der Waals surface area (Å²) in [5.41, 5.74) is 0.370. The standard InChI is InChI=1S/C8H6O3/c1-3-5-6(4-2)8(10)11-7(5)9/h3-4H,1-2H2. The second-order valence-corrected chi connectivity index (χ2v) is 1.91. The van der Waals surface area contributed by atoms with Crippen molar-refractivity contribution in [1.82, 2.24) is 0 Å². The van der Waals surface area contributed by atoms with Gasteiger partial charge in [-0.05, 0) is 0 Å². The topological polar surface area (TPSA) is 43.4 Å². The summed E-state index contributed by atoms with van der Waals surface area (Å²) in [6.07, 6.45) is 2.56. The predicted molar refractivity (Wildman–Crippen MR) is 38.5 cm³/mol. The highest BCUT2D eigenvalue weighted by Gasteiger charge is 2.28. The Bertz CT molecular complexity index is 256. The van der Waals surface area contributed by atoms with Gasteiger partial charge in [-0.25, -0.2) is 9.59 Å². The van der Waals surface area contributed by atoms with Crippen molar-refractivity contribution in [3.8, 4) is 0 Å². The van der Waals surface area contributed by atoms with Crippen LogP contribution in [0.4, 0.5) is 0 Å². The molecule has 0 fully saturated rings. The van der Waals surface area contributed by atoms with Crippen molar-refractivity contribution in [1.29, 1.82) is 0 Å². The summed E-state index contributed by atoms with van der Waals surface area (Å²) in [6.45, 7) is 6.73. The lowest BCUT2D eigenvalue weighted by Crippen LogP contribution is -2.00. The monoisotopic (exact) mass is 150 g/mol. The van der Waals surface area contributed by atoms with Crippen molar-refractivity contribution < 1.29 is 14.3 Å². The average molecular weight is 150 g/mol. The number of carbonyl (C=O) groups is 2. The van der Waals surface area contributed by atoms with E-state index in [9.17, 15) is 9.59 Å². The van der Waals surface area contributed by atoms with E-state index < -0.39 is 11.9 Å². The molecule has 1 rings (SSSR count). The summed E-state index contributed by atoms with van der Waals surface area (Å²) in [6, 6.07) is 0. The number of ether oxygens (including phenoxy) is 1. The van der Waals surface area contributed by atoms with Crippen molar-refractivity contribution >= 4 is 11.9 Å². The van der Waals surface area contributed by atoms with Gasteiger partial charge in [-0.3, -0.25) is 0 Å². The van der Waals surface area contributed by atoms with Gasteiger partial charge in [0.05, 0.1) is 11.1 Å². The van der Waals surface area contributed by atoms with E-state index in [1.165, 1.54) is 12.2 Å². The lowest BCUT2D eigenvalue weighted by atomic mass is 10.1. The van der Waals surface area contributed by atoms with Crippen LogP contribution in [0.1, 0.15) is 0 Å². The van der Waals surface area contributed by atoms with Crippen molar-refractivity contribution in [2.75, 3.05) is 0 Å². The van der Waals surface area contributed by atoms with E-state index in [2.05, 4.69) is 17.9 Å². The van der Waals surface area contributed by atoms with E-state index in [0.717, 1.165) is 0 Å². The fourth-order valence-corrected chi connectivity index (χ4v) is 0.801. The number of rotatable bonds is 2. The van der Waals surface area contributed by atoms with Crippen LogP contribution in [-0.2, 0) is 14.3 Å². The molecule has 0 unspecified atom stereocenters. The molecule has 0 aromatic rings. The Morgan fingerprint density at radius 1 is 1.00 bits per heavy atom. The third-order valence-electron chi connectivity index (χ3n) is 1.32. The van der Waals surface area contributed by atoms with E-state index in [1.54, 1.807) is 0 Å². The highest BCUT2D eigenvalue weighted by molar-refractivity contribution is 6.15. The number of cyclic esters (lactones) is 2. The molecule has 0 saturated carbocycles. The molecule has 0 spiro atoms. The largest absolute Gasteiger partial charge is 0.386 e. The van der Waals surface area contributed by atoms with Crippen molar-refractivity contribution in [2.45, 2.75) is 0 Å². The van der Waals surface area contributed by atoms with Gasteiger partial charge >= 0.3 is 11.9 Å².